The molecule has 96 heavy (non-hydrogen) atoms. The Hall–Kier alpha value is -8.31. The van der Waals surface area contributed by atoms with E-state index in [9.17, 15) is 44.0 Å². The number of likely N-dealkylation sites (tertiary alicyclic amines) is 1. The third kappa shape index (κ3) is 18.4. The highest BCUT2D eigenvalue weighted by atomic mass is 32.1. The van der Waals surface area contributed by atoms with Crippen molar-refractivity contribution in [1.29, 1.82) is 5.41 Å². The molecule has 4 heterocycles. The first-order valence-corrected chi connectivity index (χ1v) is 35.6. The van der Waals surface area contributed by atoms with Gasteiger partial charge in [-0.2, -0.15) is 0 Å². The van der Waals surface area contributed by atoms with Crippen molar-refractivity contribution in [3.8, 4) is 44.7 Å². The van der Waals surface area contributed by atoms with Crippen LogP contribution in [0.25, 0.3) is 43.9 Å². The number of fused-ring (bicyclic) bond motifs is 1. The number of nitrogens with zero attached hydrogens (tertiary/aromatic N) is 5. The van der Waals surface area contributed by atoms with Crippen molar-refractivity contribution in [1.82, 2.24) is 45.3 Å². The van der Waals surface area contributed by atoms with E-state index in [1.54, 1.807) is 26.3 Å². The zero-order valence-electron chi connectivity index (χ0n) is 56.1. The molecule has 1 aliphatic heterocycles. The van der Waals surface area contributed by atoms with Gasteiger partial charge in [-0.15, -0.1) is 11.3 Å². The first-order valence-electron chi connectivity index (χ1n) is 34.7. The Morgan fingerprint density at radius 1 is 0.740 bits per heavy atom. The summed E-state index contributed by atoms with van der Waals surface area (Å²) in [5.41, 5.74) is 8.63. The number of β-amino-alcohol motifs (C(OH)–C–C–N with tert-alkyl or cyclic N) is 1. The fraction of sp³-hybridized carbons (Fsp3) is 0.481. The largest absolute Gasteiger partial charge is 0.393 e. The zero-order valence-corrected chi connectivity index (χ0v) is 57.0. The maximum Gasteiger partial charge on any atom is 0.258 e. The maximum absolute atomic E-state index is 14.8. The number of nitrogens with one attached hydrogen (secondary N) is 5. The number of hydrogen-bond acceptors (Lipinski definition) is 11. The molecular formula is C77H95FN10O7S. The van der Waals surface area contributed by atoms with Crippen molar-refractivity contribution in [2.45, 2.75) is 211 Å². The number of rotatable bonds is 30. The van der Waals surface area contributed by atoms with Crippen molar-refractivity contribution in [3.05, 3.63) is 149 Å². The number of alkyl halides is 1. The van der Waals surface area contributed by atoms with Crippen LogP contribution < -0.4 is 26.8 Å². The summed E-state index contributed by atoms with van der Waals surface area (Å²) in [5, 5.41) is 43.5. The van der Waals surface area contributed by atoms with Crippen LogP contribution >= 0.6 is 11.3 Å². The van der Waals surface area contributed by atoms with E-state index in [4.69, 9.17) is 4.98 Å². The molecule has 0 spiro atoms. The molecular weight excluding hydrogens is 1230 g/mol. The predicted molar refractivity (Wildman–Crippen MR) is 375 cm³/mol. The van der Waals surface area contributed by atoms with Gasteiger partial charge in [0.1, 0.15) is 23.2 Å². The van der Waals surface area contributed by atoms with E-state index in [2.05, 4.69) is 79.1 Å². The summed E-state index contributed by atoms with van der Waals surface area (Å²) in [7, 11) is 0. The van der Waals surface area contributed by atoms with Crippen molar-refractivity contribution >= 4 is 51.9 Å². The number of unbranched alkanes of at least 4 members (excludes halogenated alkanes) is 10. The summed E-state index contributed by atoms with van der Waals surface area (Å²) in [6.45, 7) is 8.74. The number of aliphatic hydroxyl groups excluding tert-OH is 2. The van der Waals surface area contributed by atoms with Crippen LogP contribution in [0.15, 0.2) is 121 Å². The predicted octanol–water partition coefficient (Wildman–Crippen LogP) is 12.5. The summed E-state index contributed by atoms with van der Waals surface area (Å²) in [6, 6.07) is 33.7. The second kappa shape index (κ2) is 33.1. The molecule has 4 aromatic carbocycles. The lowest BCUT2D eigenvalue weighted by atomic mass is 9.85. The summed E-state index contributed by atoms with van der Waals surface area (Å²) >= 11 is 1.50. The smallest absolute Gasteiger partial charge is 0.258 e. The van der Waals surface area contributed by atoms with Crippen LogP contribution in [0.5, 0.6) is 0 Å². The summed E-state index contributed by atoms with van der Waals surface area (Å²) < 4.78 is 19.1. The number of benzene rings is 4. The molecule has 1 unspecified atom stereocenters. The lowest BCUT2D eigenvalue weighted by Crippen LogP contribution is -2.59. The standard InChI is InChI=1S/C77H95FN10O7S/c1-52-69(96-51-83-52)58-34-25-33-57(45-58)62(84-73(93)63-46-61(90)49-86(63)74(94)70(76(2,3)4)85-75(95)77(78)40-41-77)47-65(92)81-43-23-13-9-7-5-6-8-12-22-42-80-64(91)35-21-11-10-16-26-53-27-24-28-54(44-53)48-87-68(56-31-19-15-20-32-56)66(55-29-17-14-18-30-55)67-71(79)88(50-82-72(67)87)59-36-38-60(89)39-37-59/h14-15,17-20,24-25,27-34,44-45,50-51,59-63,70,79,89-90H,5-13,21-23,35-43,46-49H2,1-4H3,(H,80,91)(H,81,92)(H,84,93)(H,85,95)/t59?,60?,61-,62+,63+,70?/m1/s1. The van der Waals surface area contributed by atoms with Crippen molar-refractivity contribution < 1.29 is 38.6 Å². The number of aliphatic hydroxyl groups is 2. The topological polar surface area (TPSA) is 237 Å². The quantitative estimate of drug-likeness (QED) is 0.0167. The fourth-order valence-electron chi connectivity index (χ4n) is 13.4. The number of thiazole rings is 1. The van der Waals surface area contributed by atoms with E-state index in [1.807, 2.05) is 90.6 Å². The van der Waals surface area contributed by atoms with Gasteiger partial charge in [0.15, 0.2) is 5.67 Å². The molecule has 10 rings (SSSR count). The molecule has 0 bridgehead atoms. The summed E-state index contributed by atoms with van der Waals surface area (Å²) in [6.07, 6.45) is 15.7. The third-order valence-electron chi connectivity index (χ3n) is 19.0. The number of carbonyl (C=O) groups is 5. The number of amides is 5. The van der Waals surface area contributed by atoms with Gasteiger partial charge in [0.25, 0.3) is 5.91 Å². The van der Waals surface area contributed by atoms with E-state index in [0.717, 1.165) is 144 Å². The number of halogens is 1. The first-order chi connectivity index (χ1) is 46.3. The normalized spacial score (nSPS) is 18.1. The Bertz CT molecular complexity index is 3930. The molecule has 3 aliphatic rings. The molecule has 19 heteroatoms. The number of aryl methyl sites for hydroxylation is 1. The van der Waals surface area contributed by atoms with E-state index in [-0.39, 0.29) is 56.2 Å². The van der Waals surface area contributed by atoms with Gasteiger partial charge in [0, 0.05) is 62.6 Å². The summed E-state index contributed by atoms with van der Waals surface area (Å²) in [5.74, 6) is 4.59. The monoisotopic (exact) mass is 1320 g/mol. The number of aromatic nitrogens is 4. The molecule has 4 atom stereocenters. The molecule has 508 valence electrons. The second-order valence-electron chi connectivity index (χ2n) is 27.6. The molecule has 7 aromatic rings. The highest BCUT2D eigenvalue weighted by Gasteiger charge is 2.53. The lowest BCUT2D eigenvalue weighted by Gasteiger charge is -2.36. The number of hydrogen-bond donors (Lipinski definition) is 7. The Morgan fingerprint density at radius 3 is 2.04 bits per heavy atom. The molecule has 3 fully saturated rings. The molecule has 7 N–H and O–H groups in total. The van der Waals surface area contributed by atoms with Gasteiger partial charge in [-0.1, -0.05) is 169 Å². The molecule has 1 saturated heterocycles. The van der Waals surface area contributed by atoms with Gasteiger partial charge in [-0.3, -0.25) is 29.4 Å². The zero-order chi connectivity index (χ0) is 67.8. The van der Waals surface area contributed by atoms with Crippen LogP contribution in [-0.4, -0.2) is 113 Å². The van der Waals surface area contributed by atoms with Gasteiger partial charge < -0.3 is 45.5 Å². The van der Waals surface area contributed by atoms with Crippen LogP contribution in [0, 0.1) is 29.6 Å². The van der Waals surface area contributed by atoms with Gasteiger partial charge in [-0.25, -0.2) is 14.4 Å². The minimum Gasteiger partial charge on any atom is -0.393 e. The first kappa shape index (κ1) is 70.5. The second-order valence-corrected chi connectivity index (χ2v) is 28.4. The van der Waals surface area contributed by atoms with Gasteiger partial charge in [-0.05, 0) is 123 Å². The highest BCUT2D eigenvalue weighted by Crippen LogP contribution is 2.42. The summed E-state index contributed by atoms with van der Waals surface area (Å²) in [4.78, 5) is 79.4. The molecule has 5 amide bonds. The highest BCUT2D eigenvalue weighted by molar-refractivity contribution is 7.13. The lowest BCUT2D eigenvalue weighted by molar-refractivity contribution is -0.145. The Morgan fingerprint density at radius 2 is 1.39 bits per heavy atom. The van der Waals surface area contributed by atoms with Crippen LogP contribution in [-0.2, 0) is 30.5 Å². The van der Waals surface area contributed by atoms with E-state index in [0.29, 0.717) is 56.4 Å². The van der Waals surface area contributed by atoms with Crippen molar-refractivity contribution in [2.24, 2.45) is 5.41 Å². The van der Waals surface area contributed by atoms with Crippen LogP contribution in [0.3, 0.4) is 0 Å². The molecule has 0 radical (unpaired) electrons. The van der Waals surface area contributed by atoms with E-state index >= 15 is 0 Å². The van der Waals surface area contributed by atoms with E-state index < -0.39 is 53.0 Å². The van der Waals surface area contributed by atoms with Crippen LogP contribution in [0.4, 0.5) is 4.39 Å². The fourth-order valence-corrected chi connectivity index (χ4v) is 14.2. The minimum atomic E-state index is -2.00. The maximum atomic E-state index is 14.8. The molecule has 2 aliphatic carbocycles. The average Bonchev–Trinajstić information content (AvgIpc) is 1.57. The Balaban J connectivity index is 0.617. The van der Waals surface area contributed by atoms with Crippen molar-refractivity contribution in [2.75, 3.05) is 19.6 Å². The Labute approximate surface area is 568 Å². The van der Waals surface area contributed by atoms with Crippen molar-refractivity contribution in [3.63, 3.8) is 0 Å². The average molecular weight is 1320 g/mol. The molecule has 17 nitrogen and oxygen atoms in total. The van der Waals surface area contributed by atoms with Gasteiger partial charge in [0.2, 0.25) is 23.6 Å². The van der Waals surface area contributed by atoms with E-state index in [1.165, 1.54) is 16.2 Å². The molecule has 2 saturated carbocycles. The van der Waals surface area contributed by atoms with Crippen LogP contribution in [0.2, 0.25) is 0 Å². The molecule has 3 aromatic heterocycles. The minimum absolute atomic E-state index is 0.0378. The number of carbonyl (C=O) groups excluding carboxylic acids is 5. The third-order valence-corrected chi connectivity index (χ3v) is 20.0. The van der Waals surface area contributed by atoms with Gasteiger partial charge in [0.05, 0.1) is 58.2 Å². The Kier molecular flexibility index (Phi) is 24.3. The van der Waals surface area contributed by atoms with Crippen LogP contribution in [0.1, 0.15) is 190 Å². The SMILES string of the molecule is Cc1ncsc1-c1cccc([C@H](CC(=O)NCCCCCCCCCCCNC(=O)CCCCC#Cc2cccc(Cn3c(-c4ccccc4)c(-c4ccccc4)c4c(=N)n(C5CCC(O)CC5)cnc43)c2)NC(=O)[C@@H]2C[C@@H](O)CN2C(=O)C(NC(=O)C2(F)CC2)C(C)(C)C)c1. The van der Waals surface area contributed by atoms with Gasteiger partial charge >= 0.3 is 0 Å².